The predicted molar refractivity (Wildman–Crippen MR) is 120 cm³/mol. The summed E-state index contributed by atoms with van der Waals surface area (Å²) < 4.78 is 0. The van der Waals surface area contributed by atoms with Crippen molar-refractivity contribution in [2.24, 2.45) is 40.1 Å². The second-order valence-electron chi connectivity index (χ2n) is 12.2. The Morgan fingerprint density at radius 1 is 1.22 bits per heavy atom. The second kappa shape index (κ2) is 7.71. The fraction of sp³-hybridized carbons (Fsp3) is 0.826. The molecule has 0 spiro atoms. The third kappa shape index (κ3) is 4.36. The number of nitrogens with zero attached hydrogens (tertiary/aromatic N) is 1. The number of fused-ring (bicyclic) bond motifs is 1. The van der Waals surface area contributed by atoms with Crippen LogP contribution in [0.3, 0.4) is 0 Å². The molecule has 9 nitrogen and oxygen atoms in total. The number of likely N-dealkylation sites (tertiary alicyclic amines) is 1. The molecule has 3 fully saturated rings. The number of nitrogens with two attached hydrogens (primary N) is 2. The fourth-order valence-electron chi connectivity index (χ4n) is 5.54. The van der Waals surface area contributed by atoms with Gasteiger partial charge >= 0.3 is 0 Å². The second-order valence-corrected chi connectivity index (χ2v) is 12.2. The number of carbonyl (C=O) groups excluding carboxylic acids is 4. The van der Waals surface area contributed by atoms with E-state index >= 15 is 0 Å². The predicted octanol–water partition coefficient (Wildman–Crippen LogP) is 0.118. The molecule has 3 aliphatic rings. The average molecular weight is 450 g/mol. The van der Waals surface area contributed by atoms with E-state index in [-0.39, 0.29) is 41.0 Å². The maximum absolute atomic E-state index is 13.4. The monoisotopic (exact) mass is 449 g/mol. The van der Waals surface area contributed by atoms with Crippen molar-refractivity contribution in [3.05, 3.63) is 0 Å². The van der Waals surface area contributed by atoms with Gasteiger partial charge in [-0.1, -0.05) is 34.6 Å². The number of nitrogens with one attached hydrogen (secondary N) is 2. The van der Waals surface area contributed by atoms with Gasteiger partial charge in [-0.25, -0.2) is 0 Å². The summed E-state index contributed by atoms with van der Waals surface area (Å²) in [6, 6.07) is -2.43. The Morgan fingerprint density at radius 2 is 1.81 bits per heavy atom. The van der Waals surface area contributed by atoms with E-state index in [1.807, 2.05) is 34.6 Å². The molecule has 0 aromatic heterocycles. The molecule has 6 N–H and O–H groups in total. The third-order valence-corrected chi connectivity index (χ3v) is 7.73. The average Bonchev–Trinajstić information content (AvgIpc) is 2.96. The van der Waals surface area contributed by atoms with Crippen molar-refractivity contribution in [1.82, 2.24) is 15.5 Å². The molecular weight excluding hydrogens is 410 g/mol. The molecule has 3 unspecified atom stereocenters. The first-order valence-electron chi connectivity index (χ1n) is 11.4. The highest BCUT2D eigenvalue weighted by molar-refractivity contribution is 5.94. The van der Waals surface area contributed by atoms with Crippen molar-refractivity contribution in [2.45, 2.75) is 85.0 Å². The smallest absolute Gasteiger partial charge is 0.243 e. The van der Waals surface area contributed by atoms with Gasteiger partial charge in [-0.2, -0.15) is 0 Å². The molecule has 0 aromatic carbocycles. The minimum atomic E-state index is -0.985. The maximum Gasteiger partial charge on any atom is 0.243 e. The van der Waals surface area contributed by atoms with Gasteiger partial charge in [0.2, 0.25) is 23.6 Å². The van der Waals surface area contributed by atoms with Gasteiger partial charge in [-0.3, -0.25) is 19.2 Å². The lowest BCUT2D eigenvalue weighted by molar-refractivity contribution is -0.143. The summed E-state index contributed by atoms with van der Waals surface area (Å²) in [7, 11) is 0. The summed E-state index contributed by atoms with van der Waals surface area (Å²) in [6.45, 7) is 14.2. The Labute approximate surface area is 190 Å². The van der Waals surface area contributed by atoms with Gasteiger partial charge in [-0.05, 0) is 49.4 Å². The van der Waals surface area contributed by atoms with E-state index in [2.05, 4.69) is 24.5 Å². The van der Waals surface area contributed by atoms with Gasteiger partial charge in [0.25, 0.3) is 0 Å². The number of hydrogen-bond donors (Lipinski definition) is 4. The molecule has 2 heterocycles. The van der Waals surface area contributed by atoms with E-state index in [1.54, 1.807) is 4.90 Å². The first-order valence-corrected chi connectivity index (χ1v) is 11.4. The zero-order valence-corrected chi connectivity index (χ0v) is 20.3. The summed E-state index contributed by atoms with van der Waals surface area (Å²) in [6.07, 6.45) is 0.688. The summed E-state index contributed by atoms with van der Waals surface area (Å²) in [4.78, 5) is 52.6. The number of piperidine rings is 1. The van der Waals surface area contributed by atoms with E-state index < -0.39 is 41.3 Å². The molecule has 0 radical (unpaired) electrons. The maximum atomic E-state index is 13.4. The molecule has 0 aromatic rings. The SMILES string of the molecule is CC1(C)CC(CC(NC(=O)[C@@H]2[C@@H]3[C@H](CN2C(=O)C(N)C(C)(C)C)C3(C)C)C(N)=O)C(=O)N1. The molecule has 6 atom stereocenters. The first kappa shape index (κ1) is 24.5. The van der Waals surface area contributed by atoms with Crippen LogP contribution in [-0.4, -0.2) is 58.7 Å². The molecule has 3 rings (SSSR count). The van der Waals surface area contributed by atoms with Crippen LogP contribution in [0.5, 0.6) is 0 Å². The summed E-state index contributed by atoms with van der Waals surface area (Å²) in [5.74, 6) is -1.70. The van der Waals surface area contributed by atoms with Crippen molar-refractivity contribution in [3.63, 3.8) is 0 Å². The van der Waals surface area contributed by atoms with Crippen LogP contribution < -0.4 is 22.1 Å². The Balaban J connectivity index is 1.77. The van der Waals surface area contributed by atoms with E-state index in [0.29, 0.717) is 13.0 Å². The molecule has 180 valence electrons. The van der Waals surface area contributed by atoms with Gasteiger partial charge in [-0.15, -0.1) is 0 Å². The van der Waals surface area contributed by atoms with Crippen LogP contribution in [0.15, 0.2) is 0 Å². The van der Waals surface area contributed by atoms with E-state index in [0.717, 1.165) is 0 Å². The van der Waals surface area contributed by atoms with Gasteiger partial charge in [0.05, 0.1) is 6.04 Å². The van der Waals surface area contributed by atoms with Crippen LogP contribution in [0, 0.1) is 28.6 Å². The van der Waals surface area contributed by atoms with E-state index in [4.69, 9.17) is 11.5 Å². The highest BCUT2D eigenvalue weighted by Gasteiger charge is 2.69. The van der Waals surface area contributed by atoms with Crippen molar-refractivity contribution >= 4 is 23.6 Å². The van der Waals surface area contributed by atoms with Crippen LogP contribution in [0.25, 0.3) is 0 Å². The standard InChI is InChI=1S/C23H39N5O4/c1-21(2,3)16(24)20(32)28-10-12-14(23(12,6)7)15(28)19(31)26-13(17(25)29)8-11-9-22(4,5)27-18(11)30/h11-16H,8-10,24H2,1-7H3,(H2,25,29)(H,26,31)(H,27,30)/t11?,12-,13?,14-,15-,16?/m0/s1. The lowest BCUT2D eigenvalue weighted by Crippen LogP contribution is -2.59. The summed E-state index contributed by atoms with van der Waals surface area (Å²) in [5, 5.41) is 5.66. The molecule has 2 saturated heterocycles. The first-order chi connectivity index (χ1) is 14.5. The molecule has 2 aliphatic heterocycles. The molecule has 9 heteroatoms. The van der Waals surface area contributed by atoms with Gasteiger partial charge in [0.15, 0.2) is 0 Å². The Kier molecular flexibility index (Phi) is 5.90. The number of hydrogen-bond acceptors (Lipinski definition) is 5. The molecule has 32 heavy (non-hydrogen) atoms. The molecular formula is C23H39N5O4. The van der Waals surface area contributed by atoms with Gasteiger partial charge < -0.3 is 27.0 Å². The van der Waals surface area contributed by atoms with Crippen molar-refractivity contribution in [2.75, 3.05) is 6.54 Å². The van der Waals surface area contributed by atoms with E-state index in [9.17, 15) is 19.2 Å². The number of amides is 4. The lowest BCUT2D eigenvalue weighted by atomic mass is 9.86. The minimum Gasteiger partial charge on any atom is -0.368 e. The number of carbonyl (C=O) groups is 4. The topological polar surface area (TPSA) is 148 Å². The summed E-state index contributed by atoms with van der Waals surface area (Å²) >= 11 is 0. The molecule has 0 bridgehead atoms. The van der Waals surface area contributed by atoms with Gasteiger partial charge in [0.1, 0.15) is 12.1 Å². The van der Waals surface area contributed by atoms with Crippen molar-refractivity contribution < 1.29 is 19.2 Å². The normalized spacial score (nSPS) is 32.0. The highest BCUT2D eigenvalue weighted by Crippen LogP contribution is 2.65. The molecule has 1 saturated carbocycles. The largest absolute Gasteiger partial charge is 0.368 e. The number of rotatable bonds is 6. The summed E-state index contributed by atoms with van der Waals surface area (Å²) in [5.41, 5.74) is 10.9. The Morgan fingerprint density at radius 3 is 2.28 bits per heavy atom. The highest BCUT2D eigenvalue weighted by atomic mass is 16.2. The lowest BCUT2D eigenvalue weighted by Gasteiger charge is -2.36. The Hall–Kier alpha value is -2.16. The fourth-order valence-corrected chi connectivity index (χ4v) is 5.54. The molecule has 4 amide bonds. The van der Waals surface area contributed by atoms with Crippen LogP contribution in [0.2, 0.25) is 0 Å². The van der Waals surface area contributed by atoms with Crippen LogP contribution in [0.4, 0.5) is 0 Å². The van der Waals surface area contributed by atoms with Crippen LogP contribution in [-0.2, 0) is 19.2 Å². The zero-order chi connectivity index (χ0) is 24.4. The quantitative estimate of drug-likeness (QED) is 0.455. The van der Waals surface area contributed by atoms with Crippen molar-refractivity contribution in [3.8, 4) is 0 Å². The van der Waals surface area contributed by atoms with E-state index in [1.165, 1.54) is 0 Å². The van der Waals surface area contributed by atoms with Crippen molar-refractivity contribution in [1.29, 1.82) is 0 Å². The molecule has 1 aliphatic carbocycles. The zero-order valence-electron chi connectivity index (χ0n) is 20.3. The minimum absolute atomic E-state index is 0.000794. The van der Waals surface area contributed by atoms with Crippen LogP contribution in [0.1, 0.15) is 61.3 Å². The third-order valence-electron chi connectivity index (χ3n) is 7.73. The van der Waals surface area contributed by atoms with Crippen LogP contribution >= 0.6 is 0 Å². The Bertz CT molecular complexity index is 831. The number of primary amides is 1. The van der Waals surface area contributed by atoms with Gasteiger partial charge in [0, 0.05) is 18.0 Å².